The largest absolute Gasteiger partial charge is 0.335 e. The van der Waals surface area contributed by atoms with Gasteiger partial charge in [0.05, 0.1) is 6.04 Å². The van der Waals surface area contributed by atoms with Crippen LogP contribution in [0.4, 0.5) is 5.69 Å². The number of carbonyl (C=O) groups excluding carboxylic acids is 2. The van der Waals surface area contributed by atoms with Crippen LogP contribution in [0, 0.1) is 5.41 Å². The average Bonchev–Trinajstić information content (AvgIpc) is 3.04. The van der Waals surface area contributed by atoms with Gasteiger partial charge in [0.1, 0.15) is 0 Å². The maximum absolute atomic E-state index is 13.0. The van der Waals surface area contributed by atoms with Crippen LogP contribution in [0.3, 0.4) is 0 Å². The summed E-state index contributed by atoms with van der Waals surface area (Å²) in [5.74, 6) is -0.0984. The van der Waals surface area contributed by atoms with E-state index in [1.807, 2.05) is 57.0 Å². The van der Waals surface area contributed by atoms with E-state index >= 15 is 0 Å². The van der Waals surface area contributed by atoms with Crippen molar-refractivity contribution in [1.82, 2.24) is 4.90 Å². The third kappa shape index (κ3) is 3.64. The van der Waals surface area contributed by atoms with E-state index in [2.05, 4.69) is 17.4 Å². The standard InChI is InChI=1S/C22H26N2O2/c1-22(2,3)21(26)23-17-10-7-9-16(14-17)20(25)24(4)19-13-12-15-8-5-6-11-18(15)19/h5-11,14,19H,12-13H2,1-4H3,(H,23,26). The van der Waals surface area contributed by atoms with Gasteiger partial charge in [0, 0.05) is 23.7 Å². The van der Waals surface area contributed by atoms with E-state index in [0.717, 1.165) is 12.8 Å². The van der Waals surface area contributed by atoms with Crippen molar-refractivity contribution in [3.8, 4) is 0 Å². The molecule has 2 amide bonds. The van der Waals surface area contributed by atoms with Gasteiger partial charge in [-0.05, 0) is 42.2 Å². The van der Waals surface area contributed by atoms with Crippen LogP contribution in [0.5, 0.6) is 0 Å². The van der Waals surface area contributed by atoms with Gasteiger partial charge < -0.3 is 10.2 Å². The van der Waals surface area contributed by atoms with Crippen LogP contribution in [-0.2, 0) is 11.2 Å². The molecule has 1 unspecified atom stereocenters. The molecule has 0 saturated carbocycles. The molecule has 2 aromatic carbocycles. The zero-order valence-corrected chi connectivity index (χ0v) is 15.9. The van der Waals surface area contributed by atoms with Crippen LogP contribution < -0.4 is 5.32 Å². The topological polar surface area (TPSA) is 49.4 Å². The van der Waals surface area contributed by atoms with Crippen LogP contribution in [-0.4, -0.2) is 23.8 Å². The lowest BCUT2D eigenvalue weighted by Crippen LogP contribution is -2.30. The second-order valence-corrected chi connectivity index (χ2v) is 7.95. The third-order valence-corrected chi connectivity index (χ3v) is 4.94. The molecule has 4 nitrogen and oxygen atoms in total. The lowest BCUT2D eigenvalue weighted by atomic mass is 9.95. The number of carbonyl (C=O) groups is 2. The van der Waals surface area contributed by atoms with Crippen molar-refractivity contribution < 1.29 is 9.59 Å². The van der Waals surface area contributed by atoms with Crippen molar-refractivity contribution in [1.29, 1.82) is 0 Å². The summed E-state index contributed by atoms with van der Waals surface area (Å²) in [6.45, 7) is 5.59. The first-order valence-electron chi connectivity index (χ1n) is 9.04. The SMILES string of the molecule is CN(C(=O)c1cccc(NC(=O)C(C)(C)C)c1)C1CCc2ccccc21. The Kier molecular flexibility index (Phi) is 4.86. The van der Waals surface area contributed by atoms with E-state index in [9.17, 15) is 9.59 Å². The van der Waals surface area contributed by atoms with E-state index < -0.39 is 5.41 Å². The van der Waals surface area contributed by atoms with Crippen molar-refractivity contribution in [3.05, 3.63) is 65.2 Å². The Morgan fingerprint density at radius 1 is 1.08 bits per heavy atom. The van der Waals surface area contributed by atoms with E-state index in [1.54, 1.807) is 12.1 Å². The molecule has 0 heterocycles. The molecule has 0 spiro atoms. The fourth-order valence-electron chi connectivity index (χ4n) is 3.33. The van der Waals surface area contributed by atoms with Crippen molar-refractivity contribution in [2.45, 2.75) is 39.7 Å². The molecule has 0 radical (unpaired) electrons. The summed E-state index contributed by atoms with van der Waals surface area (Å²) in [6, 6.07) is 15.6. The summed E-state index contributed by atoms with van der Waals surface area (Å²) < 4.78 is 0. The molecule has 0 aliphatic heterocycles. The predicted molar refractivity (Wildman–Crippen MR) is 104 cm³/mol. The molecule has 1 N–H and O–H groups in total. The summed E-state index contributed by atoms with van der Waals surface area (Å²) in [6.07, 6.45) is 1.95. The smallest absolute Gasteiger partial charge is 0.254 e. The van der Waals surface area contributed by atoms with Gasteiger partial charge in [0.25, 0.3) is 5.91 Å². The number of nitrogens with one attached hydrogen (secondary N) is 1. The molecule has 4 heteroatoms. The first kappa shape index (κ1) is 18.2. The molecule has 0 fully saturated rings. The number of nitrogens with zero attached hydrogens (tertiary/aromatic N) is 1. The zero-order valence-electron chi connectivity index (χ0n) is 15.9. The Morgan fingerprint density at radius 2 is 1.81 bits per heavy atom. The monoisotopic (exact) mass is 350 g/mol. The highest BCUT2D eigenvalue weighted by Gasteiger charge is 2.29. The van der Waals surface area contributed by atoms with Gasteiger partial charge in [-0.1, -0.05) is 51.1 Å². The molecule has 1 atom stereocenters. The summed E-state index contributed by atoms with van der Waals surface area (Å²) >= 11 is 0. The zero-order chi connectivity index (χ0) is 18.9. The van der Waals surface area contributed by atoms with Crippen molar-refractivity contribution >= 4 is 17.5 Å². The molecule has 136 valence electrons. The Bertz CT molecular complexity index is 836. The van der Waals surface area contributed by atoms with Crippen LogP contribution in [0.25, 0.3) is 0 Å². The first-order chi connectivity index (χ1) is 12.3. The van der Waals surface area contributed by atoms with Gasteiger partial charge in [-0.15, -0.1) is 0 Å². The molecular weight excluding hydrogens is 324 g/mol. The minimum atomic E-state index is -0.482. The Hall–Kier alpha value is -2.62. The molecule has 0 aromatic heterocycles. The predicted octanol–water partition coefficient (Wildman–Crippen LogP) is 4.43. The van der Waals surface area contributed by atoms with Crippen LogP contribution in [0.2, 0.25) is 0 Å². The normalized spacial score (nSPS) is 16.1. The van der Waals surface area contributed by atoms with Gasteiger partial charge in [0.2, 0.25) is 5.91 Å². The summed E-state index contributed by atoms with van der Waals surface area (Å²) in [4.78, 5) is 27.0. The van der Waals surface area contributed by atoms with Crippen LogP contribution in [0.15, 0.2) is 48.5 Å². The molecule has 26 heavy (non-hydrogen) atoms. The lowest BCUT2D eigenvalue weighted by Gasteiger charge is -2.26. The maximum atomic E-state index is 13.0. The van der Waals surface area contributed by atoms with Gasteiger partial charge in [-0.3, -0.25) is 9.59 Å². The molecule has 0 bridgehead atoms. The summed E-state index contributed by atoms with van der Waals surface area (Å²) in [5.41, 5.74) is 3.31. The lowest BCUT2D eigenvalue weighted by molar-refractivity contribution is -0.123. The highest BCUT2D eigenvalue weighted by molar-refractivity contribution is 5.98. The number of benzene rings is 2. The fourth-order valence-corrected chi connectivity index (χ4v) is 3.33. The quantitative estimate of drug-likeness (QED) is 0.890. The van der Waals surface area contributed by atoms with Crippen molar-refractivity contribution in [3.63, 3.8) is 0 Å². The van der Waals surface area contributed by atoms with Gasteiger partial charge >= 0.3 is 0 Å². The van der Waals surface area contributed by atoms with Crippen LogP contribution >= 0.6 is 0 Å². The van der Waals surface area contributed by atoms with Gasteiger partial charge in [-0.2, -0.15) is 0 Å². The molecule has 2 aromatic rings. The highest BCUT2D eigenvalue weighted by atomic mass is 16.2. The Morgan fingerprint density at radius 3 is 2.54 bits per heavy atom. The number of hydrogen-bond donors (Lipinski definition) is 1. The molecule has 3 rings (SSSR count). The van der Waals surface area contributed by atoms with Crippen molar-refractivity contribution in [2.75, 3.05) is 12.4 Å². The van der Waals surface area contributed by atoms with Crippen molar-refractivity contribution in [2.24, 2.45) is 5.41 Å². The molecule has 1 aliphatic carbocycles. The van der Waals surface area contributed by atoms with Crippen LogP contribution in [0.1, 0.15) is 54.7 Å². The number of rotatable bonds is 3. The van der Waals surface area contributed by atoms with E-state index in [1.165, 1.54) is 11.1 Å². The minimum absolute atomic E-state index is 0.0291. The van der Waals surface area contributed by atoms with E-state index in [0.29, 0.717) is 11.3 Å². The third-order valence-electron chi connectivity index (χ3n) is 4.94. The average molecular weight is 350 g/mol. The number of amides is 2. The van der Waals surface area contributed by atoms with E-state index in [4.69, 9.17) is 0 Å². The molecular formula is C22H26N2O2. The summed E-state index contributed by atoms with van der Waals surface area (Å²) in [7, 11) is 1.86. The highest BCUT2D eigenvalue weighted by Crippen LogP contribution is 2.35. The van der Waals surface area contributed by atoms with E-state index in [-0.39, 0.29) is 17.9 Å². The first-order valence-corrected chi connectivity index (χ1v) is 9.04. The number of aryl methyl sites for hydroxylation is 1. The minimum Gasteiger partial charge on any atom is -0.335 e. The van der Waals surface area contributed by atoms with Gasteiger partial charge in [0.15, 0.2) is 0 Å². The maximum Gasteiger partial charge on any atom is 0.254 e. The summed E-state index contributed by atoms with van der Waals surface area (Å²) in [5, 5.41) is 2.89. The second-order valence-electron chi connectivity index (χ2n) is 7.95. The Labute approximate surface area is 155 Å². The van der Waals surface area contributed by atoms with Gasteiger partial charge in [-0.25, -0.2) is 0 Å². The number of fused-ring (bicyclic) bond motifs is 1. The number of hydrogen-bond acceptors (Lipinski definition) is 2. The molecule has 0 saturated heterocycles. The fraction of sp³-hybridized carbons (Fsp3) is 0.364. The second kappa shape index (κ2) is 6.94. The number of anilines is 1. The Balaban J connectivity index is 1.78. The molecule has 1 aliphatic rings.